The summed E-state index contributed by atoms with van der Waals surface area (Å²) in [7, 11) is 7.43. The van der Waals surface area contributed by atoms with Crippen molar-refractivity contribution >= 4 is 67.8 Å². The number of hydrogen-bond acceptors (Lipinski definition) is 7. The Bertz CT molecular complexity index is 1100. The highest BCUT2D eigenvalue weighted by atomic mass is 127. The summed E-state index contributed by atoms with van der Waals surface area (Å²) in [4.78, 5) is 14.3. The summed E-state index contributed by atoms with van der Waals surface area (Å²) in [6.45, 7) is 0.229. The lowest BCUT2D eigenvalue weighted by molar-refractivity contribution is 0.0185. The summed E-state index contributed by atoms with van der Waals surface area (Å²) >= 11 is 4.50. The van der Waals surface area contributed by atoms with Crippen LogP contribution in [0.4, 0.5) is 0 Å². The maximum Gasteiger partial charge on any atom is 0.210 e. The molecule has 6 nitrogen and oxygen atoms in total. The lowest BCUT2D eigenvalue weighted by Crippen LogP contribution is -2.65. The minimum Gasteiger partial charge on any atom is -0.493 e. The molecule has 2 aromatic carbocycles. The van der Waals surface area contributed by atoms with Crippen LogP contribution in [0.2, 0.25) is 0 Å². The van der Waals surface area contributed by atoms with E-state index in [4.69, 9.17) is 23.7 Å². The number of carbonyl (C=O) groups excluding carboxylic acids is 1. The normalized spacial score (nSPS) is 27.6. The van der Waals surface area contributed by atoms with E-state index in [1.54, 1.807) is 29.2 Å². The van der Waals surface area contributed by atoms with Gasteiger partial charge in [-0.3, -0.25) is 4.79 Å². The van der Waals surface area contributed by atoms with E-state index < -0.39 is 9.02 Å². The third-order valence-electron chi connectivity index (χ3n) is 6.06. The Morgan fingerprint density at radius 3 is 2.68 bits per heavy atom. The van der Waals surface area contributed by atoms with Crippen LogP contribution in [-0.4, -0.2) is 41.8 Å². The van der Waals surface area contributed by atoms with E-state index in [0.717, 1.165) is 16.9 Å². The molecule has 3 aliphatic rings. The van der Waals surface area contributed by atoms with Crippen molar-refractivity contribution in [2.24, 2.45) is 0 Å². The van der Waals surface area contributed by atoms with E-state index in [1.165, 1.54) is 0 Å². The number of methoxy groups -OCH3 is 2. The number of ketones is 1. The highest BCUT2D eigenvalue weighted by Gasteiger charge is 2.65. The van der Waals surface area contributed by atoms with Gasteiger partial charge in [0.25, 0.3) is 0 Å². The fourth-order valence-electron chi connectivity index (χ4n) is 4.56. The molecule has 0 saturated heterocycles. The van der Waals surface area contributed by atoms with Gasteiger partial charge in [0.1, 0.15) is 35.1 Å². The van der Waals surface area contributed by atoms with Crippen LogP contribution < -0.4 is 23.7 Å². The van der Waals surface area contributed by atoms with Crippen molar-refractivity contribution < 1.29 is 28.5 Å². The molecule has 0 aliphatic carbocycles. The highest BCUT2D eigenvalue weighted by Crippen LogP contribution is 2.60. The Morgan fingerprint density at radius 2 is 1.97 bits per heavy atom. The number of rotatable bonds is 4. The van der Waals surface area contributed by atoms with Crippen molar-refractivity contribution in [2.75, 3.05) is 26.6 Å². The van der Waals surface area contributed by atoms with Crippen LogP contribution in [-0.2, 0) is 11.8 Å². The second-order valence-electron chi connectivity index (χ2n) is 7.59. The van der Waals surface area contributed by atoms with Gasteiger partial charge in [-0.2, -0.15) is 0 Å². The number of alkyl halides is 1. The van der Waals surface area contributed by atoms with Gasteiger partial charge in [-0.15, -0.1) is 0 Å². The smallest absolute Gasteiger partial charge is 0.210 e. The van der Waals surface area contributed by atoms with Gasteiger partial charge in [-0.05, 0) is 62.0 Å². The largest absolute Gasteiger partial charge is 0.493 e. The maximum absolute atomic E-state index is 14.3. The summed E-state index contributed by atoms with van der Waals surface area (Å²) < 4.78 is 28.8. The first-order chi connectivity index (χ1) is 14.9. The van der Waals surface area contributed by atoms with E-state index in [9.17, 15) is 4.79 Å². The average Bonchev–Trinajstić information content (AvgIpc) is 3.15. The first-order valence-electron chi connectivity index (χ1n) is 9.52. The summed E-state index contributed by atoms with van der Waals surface area (Å²) in [6, 6.07) is 7.35. The highest BCUT2D eigenvalue weighted by molar-refractivity contribution is 14.2. The van der Waals surface area contributed by atoms with Crippen molar-refractivity contribution in [3.8, 4) is 28.7 Å². The minimum absolute atomic E-state index is 0.0259. The number of benzene rings is 2. The molecule has 0 bridgehead atoms. The van der Waals surface area contributed by atoms with Crippen LogP contribution >= 0.6 is 62.0 Å². The molecule has 0 spiro atoms. The zero-order valence-corrected chi connectivity index (χ0v) is 23.0. The van der Waals surface area contributed by atoms with Gasteiger partial charge in [-0.25, -0.2) is 0 Å². The minimum atomic E-state index is -0.951. The summed E-state index contributed by atoms with van der Waals surface area (Å²) in [5.74, 6) is 3.64. The Balaban J connectivity index is 1.76. The van der Waals surface area contributed by atoms with Crippen molar-refractivity contribution in [1.29, 1.82) is 0 Å². The molecule has 0 N–H and O–H groups in total. The predicted octanol–water partition coefficient (Wildman–Crippen LogP) is 4.96. The van der Waals surface area contributed by atoms with Gasteiger partial charge in [0, 0.05) is 29.4 Å². The van der Waals surface area contributed by atoms with Gasteiger partial charge in [0.2, 0.25) is 3.61 Å². The van der Waals surface area contributed by atoms with Crippen LogP contribution in [0.1, 0.15) is 21.5 Å². The molecule has 2 aromatic rings. The Hall–Kier alpha value is -0.650. The maximum atomic E-state index is 14.3. The van der Waals surface area contributed by atoms with Crippen molar-refractivity contribution in [1.82, 2.24) is 0 Å². The number of fused-ring (bicyclic) bond motifs is 6. The standard InChI is InChI=1S/C21H19I2O6PS/c1-25-15-6-12-14(7-16(15)26-2)27-8-21(22)20(12,9-31-23)19(24)10-3-4-13-11(18(10)29-21)5-17(30)28-13/h3-4,6-7,17H,5,8-9,30H2,1-2H3. The van der Waals surface area contributed by atoms with Gasteiger partial charge >= 0.3 is 0 Å². The van der Waals surface area contributed by atoms with Gasteiger partial charge in [-0.1, -0.05) is 18.2 Å². The molecule has 5 rings (SSSR count). The molecule has 0 amide bonds. The fraction of sp³-hybridized carbons (Fsp3) is 0.381. The van der Waals surface area contributed by atoms with Crippen molar-refractivity contribution in [2.45, 2.75) is 21.3 Å². The molecule has 3 heterocycles. The number of Topliss-reactive ketones (excluding diaryl/α,β-unsaturated/α-hetero) is 1. The van der Waals surface area contributed by atoms with Gasteiger partial charge < -0.3 is 23.7 Å². The number of ether oxygens (including phenoxy) is 5. The molecule has 10 heteroatoms. The van der Waals surface area contributed by atoms with Crippen LogP contribution in [0.15, 0.2) is 24.3 Å². The topological polar surface area (TPSA) is 63.2 Å². The zero-order chi connectivity index (χ0) is 22.0. The Morgan fingerprint density at radius 1 is 1.23 bits per heavy atom. The lowest BCUT2D eigenvalue weighted by Gasteiger charge is -2.51. The van der Waals surface area contributed by atoms with Crippen LogP contribution in [0.25, 0.3) is 0 Å². The molecule has 31 heavy (non-hydrogen) atoms. The van der Waals surface area contributed by atoms with Crippen LogP contribution in [0.5, 0.6) is 28.7 Å². The lowest BCUT2D eigenvalue weighted by atomic mass is 9.68. The van der Waals surface area contributed by atoms with E-state index in [0.29, 0.717) is 40.7 Å². The summed E-state index contributed by atoms with van der Waals surface area (Å²) in [6.07, 6.45) is 0.680. The monoisotopic (exact) mass is 684 g/mol. The van der Waals surface area contributed by atoms with Gasteiger partial charge in [0.15, 0.2) is 17.3 Å². The Kier molecular flexibility index (Phi) is 5.71. The molecule has 0 fully saturated rings. The molecule has 3 aliphatic heterocycles. The summed E-state index contributed by atoms with van der Waals surface area (Å²) in [5, 5.41) is 0. The molecular weight excluding hydrogens is 665 g/mol. The third-order valence-corrected chi connectivity index (χ3v) is 9.36. The first-order valence-corrected chi connectivity index (χ1v) is 14.8. The first kappa shape index (κ1) is 22.2. The molecule has 164 valence electrons. The molecule has 0 radical (unpaired) electrons. The molecular formula is C21H19I2O6PS. The predicted molar refractivity (Wildman–Crippen MR) is 139 cm³/mol. The Labute approximate surface area is 212 Å². The second kappa shape index (κ2) is 7.99. The van der Waals surface area contributed by atoms with E-state index in [-0.39, 0.29) is 18.2 Å². The number of carbonyl (C=O) groups is 1. The summed E-state index contributed by atoms with van der Waals surface area (Å²) in [5.41, 5.74) is 1.33. The fourth-order valence-corrected chi connectivity index (χ4v) is 8.38. The number of hydrogen-bond donors (Lipinski definition) is 0. The molecule has 4 atom stereocenters. The quantitative estimate of drug-likeness (QED) is 0.257. The third kappa shape index (κ3) is 3.09. The SMILES string of the molecule is COc1cc2c(cc1OC)C1(CSI)C(=O)c3ccc4c(c3OC1(I)CO2)CC(P)O4. The molecule has 0 saturated carbocycles. The number of halogens is 2. The molecule has 4 unspecified atom stereocenters. The van der Waals surface area contributed by atoms with E-state index >= 15 is 0 Å². The molecule has 0 aromatic heterocycles. The zero-order valence-electron chi connectivity index (χ0n) is 16.7. The van der Waals surface area contributed by atoms with E-state index in [2.05, 4.69) is 53.0 Å². The van der Waals surface area contributed by atoms with Gasteiger partial charge in [0.05, 0.1) is 19.8 Å². The second-order valence-corrected chi connectivity index (χ2v) is 12.5. The van der Waals surface area contributed by atoms with Crippen LogP contribution in [0, 0.1) is 0 Å². The van der Waals surface area contributed by atoms with E-state index in [1.807, 2.05) is 18.2 Å². The van der Waals surface area contributed by atoms with Crippen LogP contribution in [0.3, 0.4) is 0 Å². The average molecular weight is 684 g/mol. The van der Waals surface area contributed by atoms with Crippen molar-refractivity contribution in [3.05, 3.63) is 41.0 Å². The van der Waals surface area contributed by atoms with Crippen molar-refractivity contribution in [3.63, 3.8) is 0 Å².